The first-order valence-electron chi connectivity index (χ1n) is 7.57. The predicted molar refractivity (Wildman–Crippen MR) is 94.5 cm³/mol. The SMILES string of the molecule is C=C(C)C[C@@H](NC(=O)c1ccc(CP(=O)(OC)OC)cc1)C(=O)OC. The van der Waals surface area contributed by atoms with E-state index in [4.69, 9.17) is 13.8 Å². The van der Waals surface area contributed by atoms with Gasteiger partial charge in [0.2, 0.25) is 0 Å². The summed E-state index contributed by atoms with van der Waals surface area (Å²) in [5.74, 6) is -0.945. The van der Waals surface area contributed by atoms with Crippen LogP contribution in [0, 0.1) is 0 Å². The van der Waals surface area contributed by atoms with Gasteiger partial charge in [-0.3, -0.25) is 9.36 Å². The number of methoxy groups -OCH3 is 1. The molecule has 0 aliphatic heterocycles. The number of benzene rings is 1. The summed E-state index contributed by atoms with van der Waals surface area (Å²) >= 11 is 0. The molecule has 0 fully saturated rings. The summed E-state index contributed by atoms with van der Waals surface area (Å²) < 4.78 is 26.6. The number of esters is 1. The van der Waals surface area contributed by atoms with Gasteiger partial charge in [0.1, 0.15) is 6.04 Å². The Kier molecular flexibility index (Phi) is 8.03. The summed E-state index contributed by atoms with van der Waals surface area (Å²) in [7, 11) is 0.734. The second-order valence-corrected chi connectivity index (χ2v) is 7.81. The van der Waals surface area contributed by atoms with Crippen molar-refractivity contribution in [2.24, 2.45) is 0 Å². The lowest BCUT2D eigenvalue weighted by Crippen LogP contribution is -2.41. The number of nitrogens with one attached hydrogen (secondary N) is 1. The van der Waals surface area contributed by atoms with Gasteiger partial charge in [0, 0.05) is 19.8 Å². The maximum absolute atomic E-state index is 12.3. The molecule has 0 spiro atoms. The second-order valence-electron chi connectivity index (χ2n) is 5.54. The lowest BCUT2D eigenvalue weighted by molar-refractivity contribution is -0.142. The van der Waals surface area contributed by atoms with Gasteiger partial charge in [-0.05, 0) is 31.0 Å². The van der Waals surface area contributed by atoms with Crippen LogP contribution in [0.1, 0.15) is 29.3 Å². The summed E-state index contributed by atoms with van der Waals surface area (Å²) in [4.78, 5) is 24.1. The Morgan fingerprint density at radius 2 is 1.72 bits per heavy atom. The van der Waals surface area contributed by atoms with Crippen LogP contribution in [0.15, 0.2) is 36.4 Å². The van der Waals surface area contributed by atoms with E-state index in [9.17, 15) is 14.2 Å². The third kappa shape index (κ3) is 6.46. The molecule has 0 aliphatic rings. The monoisotopic (exact) mass is 369 g/mol. The number of ether oxygens (including phenoxy) is 1. The Bertz CT molecular complexity index is 662. The molecule has 25 heavy (non-hydrogen) atoms. The van der Waals surface area contributed by atoms with Crippen LogP contribution in [0.3, 0.4) is 0 Å². The standard InChI is InChI=1S/C17H24NO6P/c1-12(2)10-15(17(20)22-3)18-16(19)14-8-6-13(7-9-14)11-25(21,23-4)24-5/h6-9,15H,1,10-11H2,2-5H3,(H,18,19)/t15-/m1/s1. The van der Waals surface area contributed by atoms with Crippen molar-refractivity contribution in [2.75, 3.05) is 21.3 Å². The molecule has 0 saturated carbocycles. The van der Waals surface area contributed by atoms with Crippen LogP contribution in [-0.2, 0) is 29.3 Å². The van der Waals surface area contributed by atoms with E-state index in [2.05, 4.69) is 11.9 Å². The van der Waals surface area contributed by atoms with Crippen LogP contribution in [0.5, 0.6) is 0 Å². The van der Waals surface area contributed by atoms with E-state index in [0.29, 0.717) is 17.5 Å². The number of amides is 1. The minimum absolute atomic E-state index is 0.0995. The molecule has 1 atom stereocenters. The number of carbonyl (C=O) groups excluding carboxylic acids is 2. The Hall–Kier alpha value is -1.95. The van der Waals surface area contributed by atoms with Crippen LogP contribution >= 0.6 is 7.60 Å². The molecule has 8 heteroatoms. The molecule has 0 saturated heterocycles. The Labute approximate surface area is 147 Å². The van der Waals surface area contributed by atoms with Crippen molar-refractivity contribution < 1.29 is 27.9 Å². The first-order chi connectivity index (χ1) is 11.7. The lowest BCUT2D eigenvalue weighted by Gasteiger charge is -2.17. The van der Waals surface area contributed by atoms with Crippen molar-refractivity contribution in [1.82, 2.24) is 5.32 Å². The van der Waals surface area contributed by atoms with Gasteiger partial charge in [0.15, 0.2) is 0 Å². The van der Waals surface area contributed by atoms with E-state index in [0.717, 1.165) is 5.57 Å². The summed E-state index contributed by atoms with van der Waals surface area (Å²) in [6, 6.07) is 5.68. The van der Waals surface area contributed by atoms with Crippen molar-refractivity contribution in [3.05, 3.63) is 47.5 Å². The maximum atomic E-state index is 12.3. The number of hydrogen-bond acceptors (Lipinski definition) is 6. The molecule has 1 aromatic carbocycles. The van der Waals surface area contributed by atoms with Crippen molar-refractivity contribution in [3.8, 4) is 0 Å². The molecule has 0 unspecified atom stereocenters. The minimum Gasteiger partial charge on any atom is -0.467 e. The van der Waals surface area contributed by atoms with Gasteiger partial charge in [-0.25, -0.2) is 4.79 Å². The third-order valence-corrected chi connectivity index (χ3v) is 5.36. The summed E-state index contributed by atoms with van der Waals surface area (Å²) in [5, 5.41) is 2.63. The zero-order chi connectivity index (χ0) is 19.0. The third-order valence-electron chi connectivity index (χ3n) is 3.49. The van der Waals surface area contributed by atoms with Crippen LogP contribution in [-0.4, -0.2) is 39.2 Å². The quantitative estimate of drug-likeness (QED) is 0.409. The van der Waals surface area contributed by atoms with Gasteiger partial charge in [-0.2, -0.15) is 0 Å². The molecule has 1 rings (SSSR count). The van der Waals surface area contributed by atoms with Crippen molar-refractivity contribution >= 4 is 19.5 Å². The van der Waals surface area contributed by atoms with Gasteiger partial charge in [0.25, 0.3) is 5.91 Å². The maximum Gasteiger partial charge on any atom is 0.334 e. The van der Waals surface area contributed by atoms with E-state index >= 15 is 0 Å². The molecule has 0 bridgehead atoms. The second kappa shape index (κ2) is 9.51. The predicted octanol–water partition coefficient (Wildman–Crippen LogP) is 2.91. The van der Waals surface area contributed by atoms with Crippen molar-refractivity contribution in [2.45, 2.75) is 25.5 Å². The average molecular weight is 369 g/mol. The van der Waals surface area contributed by atoms with Gasteiger partial charge in [-0.15, -0.1) is 6.58 Å². The van der Waals surface area contributed by atoms with Gasteiger partial charge < -0.3 is 19.1 Å². The van der Waals surface area contributed by atoms with Crippen molar-refractivity contribution in [3.63, 3.8) is 0 Å². The molecular formula is C17H24NO6P. The van der Waals surface area contributed by atoms with Gasteiger partial charge >= 0.3 is 13.6 Å². The fourth-order valence-electron chi connectivity index (χ4n) is 2.11. The first kappa shape index (κ1) is 21.1. The fourth-order valence-corrected chi connectivity index (χ4v) is 3.18. The molecule has 0 radical (unpaired) electrons. The molecule has 0 heterocycles. The smallest absolute Gasteiger partial charge is 0.334 e. The van der Waals surface area contributed by atoms with Crippen LogP contribution in [0.4, 0.5) is 0 Å². The minimum atomic E-state index is -3.17. The lowest BCUT2D eigenvalue weighted by atomic mass is 10.1. The Morgan fingerprint density at radius 3 is 2.16 bits per heavy atom. The Balaban J connectivity index is 2.83. The van der Waals surface area contributed by atoms with Crippen LogP contribution < -0.4 is 5.32 Å². The van der Waals surface area contributed by atoms with E-state index in [1.807, 2.05) is 0 Å². The highest BCUT2D eigenvalue weighted by atomic mass is 31.2. The van der Waals surface area contributed by atoms with Crippen LogP contribution in [0.25, 0.3) is 0 Å². The molecule has 0 aromatic heterocycles. The molecule has 7 nitrogen and oxygen atoms in total. The highest BCUT2D eigenvalue weighted by Crippen LogP contribution is 2.49. The normalized spacial score (nSPS) is 12.3. The van der Waals surface area contributed by atoms with E-state index in [1.165, 1.54) is 21.3 Å². The highest BCUT2D eigenvalue weighted by Gasteiger charge is 2.23. The molecule has 138 valence electrons. The fraction of sp³-hybridized carbons (Fsp3) is 0.412. The number of hydrogen-bond donors (Lipinski definition) is 1. The first-order valence-corrected chi connectivity index (χ1v) is 9.30. The molecular weight excluding hydrogens is 345 g/mol. The average Bonchev–Trinajstić information content (AvgIpc) is 2.60. The highest BCUT2D eigenvalue weighted by molar-refractivity contribution is 7.52. The summed E-state index contributed by atoms with van der Waals surface area (Å²) in [5.41, 5.74) is 1.82. The molecule has 1 amide bonds. The van der Waals surface area contributed by atoms with E-state index in [1.54, 1.807) is 31.2 Å². The zero-order valence-electron chi connectivity index (χ0n) is 14.9. The molecule has 0 aliphatic carbocycles. The van der Waals surface area contributed by atoms with E-state index < -0.39 is 25.5 Å². The number of rotatable bonds is 9. The van der Waals surface area contributed by atoms with E-state index in [-0.39, 0.29) is 6.16 Å². The largest absolute Gasteiger partial charge is 0.467 e. The van der Waals surface area contributed by atoms with Crippen molar-refractivity contribution in [1.29, 1.82) is 0 Å². The topological polar surface area (TPSA) is 90.9 Å². The van der Waals surface area contributed by atoms with Gasteiger partial charge in [0.05, 0.1) is 13.3 Å². The molecule has 1 aromatic rings. The zero-order valence-corrected chi connectivity index (χ0v) is 15.8. The van der Waals surface area contributed by atoms with Gasteiger partial charge in [-0.1, -0.05) is 17.7 Å². The Morgan fingerprint density at radius 1 is 1.16 bits per heavy atom. The summed E-state index contributed by atoms with van der Waals surface area (Å²) in [6.07, 6.45) is 0.393. The van der Waals surface area contributed by atoms with Crippen LogP contribution in [0.2, 0.25) is 0 Å². The molecule has 1 N–H and O–H groups in total. The summed E-state index contributed by atoms with van der Waals surface area (Å²) in [6.45, 7) is 5.51. The number of carbonyl (C=O) groups is 2.